The lowest BCUT2D eigenvalue weighted by molar-refractivity contribution is -0.384. The van der Waals surface area contributed by atoms with Crippen molar-refractivity contribution in [1.29, 1.82) is 0 Å². The standard InChI is InChI=1S/C22H26N4O5/c1-5-6-16(25-21(27)31-22(2,3)4)18-12-15(20-17(24-18)9-10-30-20)14-8-7-13(23)11-19(14)26(28)29/h5,7-8,11-12,16H,1,6,9-10,23H2,2-4H3,(H,25,27)/t16-/m0/s1. The number of pyridine rings is 1. The molecule has 3 N–H and O–H groups in total. The number of ether oxygens (including phenoxy) is 2. The van der Waals surface area contributed by atoms with Gasteiger partial charge in [-0.3, -0.25) is 15.1 Å². The van der Waals surface area contributed by atoms with Crippen LogP contribution in [0.1, 0.15) is 44.6 Å². The van der Waals surface area contributed by atoms with Crippen molar-refractivity contribution in [1.82, 2.24) is 10.3 Å². The third kappa shape index (κ3) is 5.11. The molecule has 1 aromatic carbocycles. The number of hydrogen-bond acceptors (Lipinski definition) is 7. The Kier molecular flexibility index (Phi) is 6.14. The summed E-state index contributed by atoms with van der Waals surface area (Å²) < 4.78 is 11.1. The lowest BCUT2D eigenvalue weighted by Crippen LogP contribution is -2.35. The average Bonchev–Trinajstić information content (AvgIpc) is 3.14. The normalized spacial score (nSPS) is 13.6. The average molecular weight is 426 g/mol. The molecule has 1 aliphatic heterocycles. The van der Waals surface area contributed by atoms with Gasteiger partial charge in [0.15, 0.2) is 0 Å². The van der Waals surface area contributed by atoms with Crippen molar-refractivity contribution >= 4 is 17.5 Å². The van der Waals surface area contributed by atoms with Crippen molar-refractivity contribution < 1.29 is 19.2 Å². The molecule has 2 heterocycles. The number of anilines is 1. The van der Waals surface area contributed by atoms with E-state index in [9.17, 15) is 14.9 Å². The molecule has 1 amide bonds. The van der Waals surface area contributed by atoms with Gasteiger partial charge in [0.2, 0.25) is 0 Å². The Morgan fingerprint density at radius 1 is 1.42 bits per heavy atom. The van der Waals surface area contributed by atoms with Crippen molar-refractivity contribution in [2.45, 2.75) is 45.3 Å². The number of benzene rings is 1. The van der Waals surface area contributed by atoms with E-state index in [4.69, 9.17) is 15.2 Å². The number of rotatable bonds is 6. The van der Waals surface area contributed by atoms with E-state index < -0.39 is 22.7 Å². The third-order valence-corrected chi connectivity index (χ3v) is 4.61. The number of aromatic nitrogens is 1. The number of nitrogens with one attached hydrogen (secondary N) is 1. The molecule has 0 fully saturated rings. The molecule has 0 aliphatic carbocycles. The summed E-state index contributed by atoms with van der Waals surface area (Å²) in [4.78, 5) is 28.2. The van der Waals surface area contributed by atoms with E-state index in [0.29, 0.717) is 53.4 Å². The first kappa shape index (κ1) is 22.1. The maximum Gasteiger partial charge on any atom is 0.408 e. The van der Waals surface area contributed by atoms with Gasteiger partial charge in [0.25, 0.3) is 5.69 Å². The zero-order valence-corrected chi connectivity index (χ0v) is 17.8. The topological polar surface area (TPSA) is 130 Å². The first-order chi connectivity index (χ1) is 14.6. The highest BCUT2D eigenvalue weighted by molar-refractivity contribution is 5.81. The minimum atomic E-state index is -0.655. The summed E-state index contributed by atoms with van der Waals surface area (Å²) >= 11 is 0. The number of amides is 1. The summed E-state index contributed by atoms with van der Waals surface area (Å²) in [6.07, 6.45) is 2.04. The summed E-state index contributed by atoms with van der Waals surface area (Å²) in [6.45, 7) is 9.51. The molecule has 9 nitrogen and oxygen atoms in total. The molecule has 0 bridgehead atoms. The van der Waals surface area contributed by atoms with Crippen LogP contribution >= 0.6 is 0 Å². The Bertz CT molecular complexity index is 1030. The Balaban J connectivity index is 2.08. The minimum Gasteiger partial charge on any atom is -0.491 e. The molecule has 3 rings (SSSR count). The van der Waals surface area contributed by atoms with Gasteiger partial charge in [0, 0.05) is 23.7 Å². The Labute approximate surface area is 180 Å². The van der Waals surface area contributed by atoms with Gasteiger partial charge in [-0.15, -0.1) is 6.58 Å². The molecule has 0 saturated heterocycles. The maximum atomic E-state index is 12.4. The zero-order chi connectivity index (χ0) is 22.8. The van der Waals surface area contributed by atoms with Gasteiger partial charge in [-0.1, -0.05) is 6.08 Å². The number of nitrogens with two attached hydrogens (primary N) is 1. The number of fused-ring (bicyclic) bond motifs is 1. The van der Waals surface area contributed by atoms with Gasteiger partial charge >= 0.3 is 6.09 Å². The number of nitro benzene ring substituents is 1. The highest BCUT2D eigenvalue weighted by Gasteiger charge is 2.28. The molecule has 2 aromatic rings. The molecule has 1 aromatic heterocycles. The Morgan fingerprint density at radius 3 is 2.81 bits per heavy atom. The molecule has 0 saturated carbocycles. The second-order valence-corrected chi connectivity index (χ2v) is 8.23. The predicted octanol–water partition coefficient (Wildman–Crippen LogP) is 4.32. The first-order valence-electron chi connectivity index (χ1n) is 9.90. The number of nitro groups is 1. The number of nitrogen functional groups attached to an aromatic ring is 1. The van der Waals surface area contributed by atoms with Crippen LogP contribution in [0.3, 0.4) is 0 Å². The van der Waals surface area contributed by atoms with Crippen LogP contribution in [-0.4, -0.2) is 28.2 Å². The van der Waals surface area contributed by atoms with Crippen molar-refractivity contribution in [3.8, 4) is 16.9 Å². The van der Waals surface area contributed by atoms with E-state index in [1.54, 1.807) is 45.0 Å². The van der Waals surface area contributed by atoms with Gasteiger partial charge in [-0.05, 0) is 45.4 Å². The molecule has 31 heavy (non-hydrogen) atoms. The van der Waals surface area contributed by atoms with Crippen LogP contribution in [0.2, 0.25) is 0 Å². The highest BCUT2D eigenvalue weighted by Crippen LogP contribution is 2.42. The lowest BCUT2D eigenvalue weighted by atomic mass is 9.98. The van der Waals surface area contributed by atoms with Gasteiger partial charge < -0.3 is 20.5 Å². The quantitative estimate of drug-likeness (QED) is 0.304. The molecule has 0 unspecified atom stereocenters. The van der Waals surface area contributed by atoms with Gasteiger partial charge in [-0.2, -0.15) is 0 Å². The number of carbonyl (C=O) groups is 1. The minimum absolute atomic E-state index is 0.129. The Morgan fingerprint density at radius 2 is 2.16 bits per heavy atom. The fourth-order valence-electron chi connectivity index (χ4n) is 3.36. The molecular weight excluding hydrogens is 400 g/mol. The fourth-order valence-corrected chi connectivity index (χ4v) is 3.36. The summed E-state index contributed by atoms with van der Waals surface area (Å²) in [6, 6.07) is 5.69. The first-order valence-corrected chi connectivity index (χ1v) is 9.90. The lowest BCUT2D eigenvalue weighted by Gasteiger charge is -2.23. The van der Waals surface area contributed by atoms with E-state index in [1.807, 2.05) is 0 Å². The molecule has 1 atom stereocenters. The molecule has 9 heteroatoms. The van der Waals surface area contributed by atoms with Crippen LogP contribution in [-0.2, 0) is 11.2 Å². The summed E-state index contributed by atoms with van der Waals surface area (Å²) in [5.41, 5.74) is 7.38. The van der Waals surface area contributed by atoms with Crippen LogP contribution < -0.4 is 15.8 Å². The molecule has 1 aliphatic rings. The molecule has 0 spiro atoms. The van der Waals surface area contributed by atoms with E-state index in [2.05, 4.69) is 16.9 Å². The number of hydrogen-bond donors (Lipinski definition) is 2. The molecular formula is C22H26N4O5. The van der Waals surface area contributed by atoms with Crippen LogP contribution in [0, 0.1) is 10.1 Å². The van der Waals surface area contributed by atoms with Crippen molar-refractivity contribution in [2.24, 2.45) is 0 Å². The zero-order valence-electron chi connectivity index (χ0n) is 17.8. The van der Waals surface area contributed by atoms with E-state index >= 15 is 0 Å². The van der Waals surface area contributed by atoms with E-state index in [1.165, 1.54) is 6.07 Å². The monoisotopic (exact) mass is 426 g/mol. The van der Waals surface area contributed by atoms with E-state index in [-0.39, 0.29) is 5.69 Å². The second-order valence-electron chi connectivity index (χ2n) is 8.23. The van der Waals surface area contributed by atoms with Crippen LogP contribution in [0.5, 0.6) is 5.75 Å². The Hall–Kier alpha value is -3.62. The summed E-state index contributed by atoms with van der Waals surface area (Å²) in [7, 11) is 0. The predicted molar refractivity (Wildman–Crippen MR) is 117 cm³/mol. The van der Waals surface area contributed by atoms with Gasteiger partial charge in [-0.25, -0.2) is 4.79 Å². The van der Waals surface area contributed by atoms with Crippen molar-refractivity contribution in [3.05, 3.63) is 58.4 Å². The summed E-state index contributed by atoms with van der Waals surface area (Å²) in [5.74, 6) is 0.506. The van der Waals surface area contributed by atoms with E-state index in [0.717, 1.165) is 0 Å². The number of carbonyl (C=O) groups excluding carboxylic acids is 1. The third-order valence-electron chi connectivity index (χ3n) is 4.61. The fraction of sp³-hybridized carbons (Fsp3) is 0.364. The smallest absolute Gasteiger partial charge is 0.408 e. The molecule has 0 radical (unpaired) electrons. The number of nitrogens with zero attached hydrogens (tertiary/aromatic N) is 2. The van der Waals surface area contributed by atoms with Gasteiger partial charge in [0.1, 0.15) is 11.4 Å². The van der Waals surface area contributed by atoms with Crippen molar-refractivity contribution in [2.75, 3.05) is 12.3 Å². The van der Waals surface area contributed by atoms with Crippen molar-refractivity contribution in [3.63, 3.8) is 0 Å². The highest BCUT2D eigenvalue weighted by atomic mass is 16.6. The SMILES string of the molecule is C=CC[C@H](NC(=O)OC(C)(C)C)c1cc(-c2ccc(N)cc2[N+](=O)[O-])c2c(n1)CCO2. The van der Waals surface area contributed by atoms with Gasteiger partial charge in [0.05, 0.1) is 34.5 Å². The number of alkyl carbamates (subject to hydrolysis) is 1. The van der Waals surface area contributed by atoms with Crippen LogP contribution in [0.4, 0.5) is 16.2 Å². The molecule has 164 valence electrons. The second kappa shape index (κ2) is 8.63. The summed E-state index contributed by atoms with van der Waals surface area (Å²) in [5, 5.41) is 14.5. The van der Waals surface area contributed by atoms with Crippen LogP contribution in [0.15, 0.2) is 36.9 Å². The largest absolute Gasteiger partial charge is 0.491 e. The van der Waals surface area contributed by atoms with Crippen LogP contribution in [0.25, 0.3) is 11.1 Å². The maximum absolute atomic E-state index is 12.4.